The maximum Gasteiger partial charge on any atom is 0.246 e. The summed E-state index contributed by atoms with van der Waals surface area (Å²) in [6.45, 7) is 2.11. The predicted octanol–water partition coefficient (Wildman–Crippen LogP) is 0.807. The summed E-state index contributed by atoms with van der Waals surface area (Å²) in [5.41, 5.74) is 2.66. The van der Waals surface area contributed by atoms with Crippen molar-refractivity contribution in [2.24, 2.45) is 5.92 Å². The molecule has 2 N–H and O–H groups in total. The van der Waals surface area contributed by atoms with Crippen LogP contribution < -0.4 is 10.6 Å². The van der Waals surface area contributed by atoms with Gasteiger partial charge in [-0.15, -0.1) is 0 Å². The lowest BCUT2D eigenvalue weighted by molar-refractivity contribution is -0.125. The van der Waals surface area contributed by atoms with Gasteiger partial charge in [0.05, 0.1) is 6.04 Å². The highest BCUT2D eigenvalue weighted by atomic mass is 16.5. The molecule has 2 aliphatic rings. The molecule has 1 saturated heterocycles. The lowest BCUT2D eigenvalue weighted by atomic mass is 9.94. The number of hydrogen-bond donors (Lipinski definition) is 2. The molecule has 1 amide bonds. The van der Waals surface area contributed by atoms with E-state index in [2.05, 4.69) is 28.8 Å². The fourth-order valence-corrected chi connectivity index (χ4v) is 3.28. The van der Waals surface area contributed by atoms with Crippen molar-refractivity contribution < 1.29 is 9.53 Å². The minimum Gasteiger partial charge on any atom is -0.375 e. The summed E-state index contributed by atoms with van der Waals surface area (Å²) in [6.07, 6.45) is 0. The predicted molar refractivity (Wildman–Crippen MR) is 68.3 cm³/mol. The van der Waals surface area contributed by atoms with E-state index in [1.807, 2.05) is 6.07 Å². The van der Waals surface area contributed by atoms with E-state index in [-0.39, 0.29) is 18.6 Å². The molecule has 96 valence electrons. The van der Waals surface area contributed by atoms with Gasteiger partial charge in [0.15, 0.2) is 0 Å². The van der Waals surface area contributed by atoms with Crippen LogP contribution in [0.15, 0.2) is 24.3 Å². The summed E-state index contributed by atoms with van der Waals surface area (Å²) in [6, 6.07) is 8.56. The molecule has 0 spiro atoms. The quantitative estimate of drug-likeness (QED) is 0.829. The van der Waals surface area contributed by atoms with E-state index in [1.54, 1.807) is 7.11 Å². The number of methoxy groups -OCH3 is 1. The highest BCUT2D eigenvalue weighted by Crippen LogP contribution is 2.46. The Hall–Kier alpha value is -1.39. The Labute approximate surface area is 107 Å². The van der Waals surface area contributed by atoms with Gasteiger partial charge in [0, 0.05) is 32.0 Å². The summed E-state index contributed by atoms with van der Waals surface area (Å²) < 4.78 is 4.89. The molecule has 0 aromatic heterocycles. The van der Waals surface area contributed by atoms with Crippen molar-refractivity contribution in [2.75, 3.05) is 26.8 Å². The van der Waals surface area contributed by atoms with Gasteiger partial charge in [0.25, 0.3) is 0 Å². The number of carbonyl (C=O) groups is 1. The van der Waals surface area contributed by atoms with E-state index in [9.17, 15) is 4.79 Å². The standard InChI is InChI=1S/C14H18N2O2/c1-18-8-13(17)16-14-10-5-3-2-4-9(10)11-6-15-7-12(11)14/h2-5,11-12,14-15H,6-8H2,1H3,(H,16,17)/t11-,12-,14+/m0/s1. The Morgan fingerprint density at radius 1 is 1.39 bits per heavy atom. The van der Waals surface area contributed by atoms with Gasteiger partial charge in [-0.05, 0) is 11.1 Å². The third-order valence-corrected chi connectivity index (χ3v) is 4.01. The van der Waals surface area contributed by atoms with Crippen molar-refractivity contribution in [2.45, 2.75) is 12.0 Å². The van der Waals surface area contributed by atoms with Crippen molar-refractivity contribution in [3.63, 3.8) is 0 Å². The third-order valence-electron chi connectivity index (χ3n) is 4.01. The molecule has 4 heteroatoms. The van der Waals surface area contributed by atoms with E-state index in [0.29, 0.717) is 11.8 Å². The molecule has 0 saturated carbocycles. The summed E-state index contributed by atoms with van der Waals surface area (Å²) in [4.78, 5) is 11.7. The van der Waals surface area contributed by atoms with Crippen LogP contribution in [0.4, 0.5) is 0 Å². The lowest BCUT2D eigenvalue weighted by Crippen LogP contribution is -2.35. The first-order valence-corrected chi connectivity index (χ1v) is 6.39. The number of hydrogen-bond acceptors (Lipinski definition) is 3. The van der Waals surface area contributed by atoms with Crippen LogP contribution in [0.5, 0.6) is 0 Å². The second kappa shape index (κ2) is 4.71. The molecule has 1 fully saturated rings. The monoisotopic (exact) mass is 246 g/mol. The minimum absolute atomic E-state index is 0.0372. The highest BCUT2D eigenvalue weighted by molar-refractivity contribution is 5.78. The number of benzene rings is 1. The SMILES string of the molecule is COCC(=O)N[C@@H]1c2ccccc2[C@@H]2CNC[C@H]12. The molecule has 4 nitrogen and oxygen atoms in total. The molecular formula is C14H18N2O2. The molecule has 3 rings (SSSR count). The summed E-state index contributed by atoms with van der Waals surface area (Å²) in [5, 5.41) is 6.52. The smallest absolute Gasteiger partial charge is 0.246 e. The summed E-state index contributed by atoms with van der Waals surface area (Å²) >= 11 is 0. The van der Waals surface area contributed by atoms with E-state index in [4.69, 9.17) is 4.74 Å². The molecule has 1 aliphatic heterocycles. The van der Waals surface area contributed by atoms with Crippen LogP contribution in [0.3, 0.4) is 0 Å². The van der Waals surface area contributed by atoms with Gasteiger partial charge in [-0.2, -0.15) is 0 Å². The van der Waals surface area contributed by atoms with Crippen LogP contribution in [-0.4, -0.2) is 32.7 Å². The van der Waals surface area contributed by atoms with Crippen LogP contribution in [0.2, 0.25) is 0 Å². The number of amides is 1. The Morgan fingerprint density at radius 2 is 2.17 bits per heavy atom. The molecule has 1 aliphatic carbocycles. The van der Waals surface area contributed by atoms with Crippen molar-refractivity contribution in [3.05, 3.63) is 35.4 Å². The second-order valence-electron chi connectivity index (χ2n) is 5.04. The summed E-state index contributed by atoms with van der Waals surface area (Å²) in [7, 11) is 1.54. The maximum absolute atomic E-state index is 11.7. The second-order valence-corrected chi connectivity index (χ2v) is 5.04. The zero-order chi connectivity index (χ0) is 12.5. The van der Waals surface area contributed by atoms with Crippen molar-refractivity contribution >= 4 is 5.91 Å². The molecule has 1 aromatic rings. The number of carbonyl (C=O) groups excluding carboxylic acids is 1. The zero-order valence-corrected chi connectivity index (χ0v) is 10.5. The van der Waals surface area contributed by atoms with Crippen LogP contribution in [0.25, 0.3) is 0 Å². The molecular weight excluding hydrogens is 228 g/mol. The Morgan fingerprint density at radius 3 is 2.94 bits per heavy atom. The van der Waals surface area contributed by atoms with Gasteiger partial charge in [-0.3, -0.25) is 4.79 Å². The Kier molecular flexibility index (Phi) is 3.06. The van der Waals surface area contributed by atoms with E-state index >= 15 is 0 Å². The number of rotatable bonds is 3. The fourth-order valence-electron chi connectivity index (χ4n) is 3.28. The largest absolute Gasteiger partial charge is 0.375 e. The minimum atomic E-state index is -0.0372. The van der Waals surface area contributed by atoms with Gasteiger partial charge < -0.3 is 15.4 Å². The molecule has 0 bridgehead atoms. The van der Waals surface area contributed by atoms with Crippen molar-refractivity contribution in [1.29, 1.82) is 0 Å². The fraction of sp³-hybridized carbons (Fsp3) is 0.500. The Balaban J connectivity index is 1.87. The first-order valence-electron chi connectivity index (χ1n) is 6.39. The van der Waals surface area contributed by atoms with Gasteiger partial charge in [-0.25, -0.2) is 0 Å². The summed E-state index contributed by atoms with van der Waals surface area (Å²) in [5.74, 6) is 0.974. The maximum atomic E-state index is 11.7. The molecule has 1 aromatic carbocycles. The average molecular weight is 246 g/mol. The third kappa shape index (κ3) is 1.82. The van der Waals surface area contributed by atoms with Gasteiger partial charge in [0.1, 0.15) is 6.61 Å². The average Bonchev–Trinajstić information content (AvgIpc) is 2.93. The molecule has 3 atom stereocenters. The van der Waals surface area contributed by atoms with Crippen molar-refractivity contribution in [1.82, 2.24) is 10.6 Å². The van der Waals surface area contributed by atoms with Gasteiger partial charge >= 0.3 is 0 Å². The number of fused-ring (bicyclic) bond motifs is 3. The number of nitrogens with one attached hydrogen (secondary N) is 2. The van der Waals surface area contributed by atoms with E-state index in [1.165, 1.54) is 11.1 Å². The topological polar surface area (TPSA) is 50.4 Å². The van der Waals surface area contributed by atoms with Crippen molar-refractivity contribution in [3.8, 4) is 0 Å². The van der Waals surface area contributed by atoms with Crippen LogP contribution >= 0.6 is 0 Å². The normalized spacial score (nSPS) is 28.8. The lowest BCUT2D eigenvalue weighted by Gasteiger charge is -2.20. The van der Waals surface area contributed by atoms with E-state index < -0.39 is 0 Å². The molecule has 0 unspecified atom stereocenters. The first kappa shape index (κ1) is 11.7. The molecule has 18 heavy (non-hydrogen) atoms. The zero-order valence-electron chi connectivity index (χ0n) is 10.5. The van der Waals surface area contributed by atoms with Crippen LogP contribution in [0, 0.1) is 5.92 Å². The first-order chi connectivity index (χ1) is 8.81. The van der Waals surface area contributed by atoms with Crippen LogP contribution in [-0.2, 0) is 9.53 Å². The number of ether oxygens (including phenoxy) is 1. The molecule has 1 heterocycles. The van der Waals surface area contributed by atoms with Gasteiger partial charge in [-0.1, -0.05) is 24.3 Å². The highest BCUT2D eigenvalue weighted by Gasteiger charge is 2.43. The Bertz CT molecular complexity index is 461. The van der Waals surface area contributed by atoms with Crippen LogP contribution in [0.1, 0.15) is 23.1 Å². The van der Waals surface area contributed by atoms with Gasteiger partial charge in [0.2, 0.25) is 5.91 Å². The molecule has 0 radical (unpaired) electrons. The van der Waals surface area contributed by atoms with E-state index in [0.717, 1.165) is 13.1 Å².